The SMILES string of the molecule is Cc1ccc(S(=O)(=O)NC2CCN(c3ncccn3)CC2)cc1C. The van der Waals surface area contributed by atoms with E-state index >= 15 is 0 Å². The minimum absolute atomic E-state index is 0.0587. The number of benzene rings is 1. The highest BCUT2D eigenvalue weighted by atomic mass is 32.2. The summed E-state index contributed by atoms with van der Waals surface area (Å²) in [5, 5.41) is 0. The van der Waals surface area contributed by atoms with Crippen molar-refractivity contribution in [1.29, 1.82) is 0 Å². The van der Waals surface area contributed by atoms with Gasteiger partial charge >= 0.3 is 0 Å². The van der Waals surface area contributed by atoms with Crippen LogP contribution in [0.2, 0.25) is 0 Å². The molecule has 1 aromatic heterocycles. The zero-order valence-electron chi connectivity index (χ0n) is 13.9. The minimum atomic E-state index is -3.48. The molecule has 7 heteroatoms. The fraction of sp³-hybridized carbons (Fsp3) is 0.412. The van der Waals surface area contributed by atoms with Crippen molar-refractivity contribution in [3.63, 3.8) is 0 Å². The van der Waals surface area contributed by atoms with Crippen LogP contribution in [0.1, 0.15) is 24.0 Å². The third-order valence-electron chi connectivity index (χ3n) is 4.44. The molecule has 0 amide bonds. The van der Waals surface area contributed by atoms with Crippen LogP contribution in [0.25, 0.3) is 0 Å². The van der Waals surface area contributed by atoms with Crippen LogP contribution >= 0.6 is 0 Å². The fourth-order valence-electron chi connectivity index (χ4n) is 2.82. The molecular weight excluding hydrogens is 324 g/mol. The molecular formula is C17H22N4O2S. The Balaban J connectivity index is 1.64. The van der Waals surface area contributed by atoms with E-state index in [9.17, 15) is 8.42 Å². The van der Waals surface area contributed by atoms with E-state index in [2.05, 4.69) is 19.6 Å². The topological polar surface area (TPSA) is 75.2 Å². The average molecular weight is 346 g/mol. The van der Waals surface area contributed by atoms with Crippen LogP contribution in [0, 0.1) is 13.8 Å². The monoisotopic (exact) mass is 346 g/mol. The lowest BCUT2D eigenvalue weighted by atomic mass is 10.1. The smallest absolute Gasteiger partial charge is 0.240 e. The van der Waals surface area contributed by atoms with E-state index in [1.54, 1.807) is 30.6 Å². The first-order valence-electron chi connectivity index (χ1n) is 8.07. The van der Waals surface area contributed by atoms with Crippen molar-refractivity contribution in [2.45, 2.75) is 37.6 Å². The first kappa shape index (κ1) is 16.9. The maximum Gasteiger partial charge on any atom is 0.240 e. The average Bonchev–Trinajstić information content (AvgIpc) is 2.58. The van der Waals surface area contributed by atoms with Crippen molar-refractivity contribution in [1.82, 2.24) is 14.7 Å². The highest BCUT2D eigenvalue weighted by molar-refractivity contribution is 7.89. The first-order chi connectivity index (χ1) is 11.5. The zero-order chi connectivity index (χ0) is 17.2. The normalized spacial score (nSPS) is 16.3. The molecule has 1 fully saturated rings. The largest absolute Gasteiger partial charge is 0.341 e. The van der Waals surface area contributed by atoms with E-state index in [0.29, 0.717) is 10.8 Å². The molecule has 0 unspecified atom stereocenters. The molecule has 3 rings (SSSR count). The number of anilines is 1. The molecule has 0 atom stereocenters. The van der Waals surface area contributed by atoms with Crippen LogP contribution in [0.3, 0.4) is 0 Å². The van der Waals surface area contributed by atoms with Gasteiger partial charge < -0.3 is 4.90 Å². The summed E-state index contributed by atoms with van der Waals surface area (Å²) in [6.07, 6.45) is 4.92. The van der Waals surface area contributed by atoms with E-state index in [4.69, 9.17) is 0 Å². The van der Waals surface area contributed by atoms with Gasteiger partial charge in [0.15, 0.2) is 0 Å². The van der Waals surface area contributed by atoms with E-state index in [1.165, 1.54) is 0 Å². The van der Waals surface area contributed by atoms with Crippen LogP contribution in [-0.2, 0) is 10.0 Å². The zero-order valence-corrected chi connectivity index (χ0v) is 14.8. The minimum Gasteiger partial charge on any atom is -0.341 e. The molecule has 0 radical (unpaired) electrons. The Kier molecular flexibility index (Phi) is 4.82. The summed E-state index contributed by atoms with van der Waals surface area (Å²) in [6.45, 7) is 5.38. The molecule has 2 heterocycles. The number of aryl methyl sites for hydroxylation is 2. The van der Waals surface area contributed by atoms with Crippen molar-refractivity contribution in [2.24, 2.45) is 0 Å². The van der Waals surface area contributed by atoms with Crippen LogP contribution in [0.5, 0.6) is 0 Å². The highest BCUT2D eigenvalue weighted by Crippen LogP contribution is 2.19. The molecule has 6 nitrogen and oxygen atoms in total. The van der Waals surface area contributed by atoms with Gasteiger partial charge in [0, 0.05) is 31.5 Å². The van der Waals surface area contributed by atoms with Crippen molar-refractivity contribution in [3.8, 4) is 0 Å². The molecule has 1 aliphatic heterocycles. The van der Waals surface area contributed by atoms with Crippen LogP contribution < -0.4 is 9.62 Å². The van der Waals surface area contributed by atoms with Gasteiger partial charge in [0.2, 0.25) is 16.0 Å². The van der Waals surface area contributed by atoms with Crippen LogP contribution in [0.4, 0.5) is 5.95 Å². The summed E-state index contributed by atoms with van der Waals surface area (Å²) >= 11 is 0. The molecule has 0 spiro atoms. The summed E-state index contributed by atoms with van der Waals surface area (Å²) in [6, 6.07) is 6.96. The highest BCUT2D eigenvalue weighted by Gasteiger charge is 2.25. The summed E-state index contributed by atoms with van der Waals surface area (Å²) < 4.78 is 28.0. The lowest BCUT2D eigenvalue weighted by molar-refractivity contribution is 0.456. The Morgan fingerprint density at radius 2 is 1.75 bits per heavy atom. The molecule has 0 saturated carbocycles. The second-order valence-corrected chi connectivity index (χ2v) is 7.89. The van der Waals surface area contributed by atoms with E-state index < -0.39 is 10.0 Å². The quantitative estimate of drug-likeness (QED) is 0.917. The standard InChI is InChI=1S/C17H22N4O2S/c1-13-4-5-16(12-14(13)2)24(22,23)20-15-6-10-21(11-7-15)17-18-8-3-9-19-17/h3-5,8-9,12,15,20H,6-7,10-11H2,1-2H3. The number of hydrogen-bond donors (Lipinski definition) is 1. The van der Waals surface area contributed by atoms with Crippen molar-refractivity contribution >= 4 is 16.0 Å². The molecule has 128 valence electrons. The third-order valence-corrected chi connectivity index (χ3v) is 5.96. The number of nitrogens with one attached hydrogen (secondary N) is 1. The number of hydrogen-bond acceptors (Lipinski definition) is 5. The maximum atomic E-state index is 12.6. The molecule has 0 aliphatic carbocycles. The maximum absolute atomic E-state index is 12.6. The molecule has 1 aromatic carbocycles. The van der Waals surface area contributed by atoms with Gasteiger partial charge in [-0.05, 0) is 56.0 Å². The number of nitrogens with zero attached hydrogens (tertiary/aromatic N) is 3. The van der Waals surface area contributed by atoms with E-state index in [0.717, 1.165) is 37.1 Å². The van der Waals surface area contributed by atoms with Crippen LogP contribution in [0.15, 0.2) is 41.6 Å². The van der Waals surface area contributed by atoms with Crippen molar-refractivity contribution in [2.75, 3.05) is 18.0 Å². The summed E-state index contributed by atoms with van der Waals surface area (Å²) in [5.74, 6) is 0.702. The Hall–Kier alpha value is -1.99. The molecule has 1 aliphatic rings. The molecule has 1 N–H and O–H groups in total. The Labute approximate surface area is 143 Å². The molecule has 1 saturated heterocycles. The van der Waals surface area contributed by atoms with Crippen molar-refractivity contribution < 1.29 is 8.42 Å². The first-order valence-corrected chi connectivity index (χ1v) is 9.55. The third kappa shape index (κ3) is 3.73. The number of rotatable bonds is 4. The lowest BCUT2D eigenvalue weighted by Gasteiger charge is -2.32. The van der Waals surface area contributed by atoms with Gasteiger partial charge in [-0.2, -0.15) is 0 Å². The van der Waals surface area contributed by atoms with E-state index in [-0.39, 0.29) is 6.04 Å². The predicted molar refractivity (Wildman–Crippen MR) is 93.5 cm³/mol. The summed E-state index contributed by atoms with van der Waals surface area (Å²) in [4.78, 5) is 10.9. The van der Waals surface area contributed by atoms with Gasteiger partial charge in [-0.25, -0.2) is 23.1 Å². The van der Waals surface area contributed by atoms with Gasteiger partial charge in [-0.3, -0.25) is 0 Å². The van der Waals surface area contributed by atoms with Gasteiger partial charge in [0.1, 0.15) is 0 Å². The second kappa shape index (κ2) is 6.86. The van der Waals surface area contributed by atoms with Crippen LogP contribution in [-0.4, -0.2) is 37.5 Å². The van der Waals surface area contributed by atoms with Crippen molar-refractivity contribution in [3.05, 3.63) is 47.8 Å². The number of sulfonamides is 1. The van der Waals surface area contributed by atoms with E-state index in [1.807, 2.05) is 19.9 Å². The fourth-order valence-corrected chi connectivity index (χ4v) is 4.21. The second-order valence-electron chi connectivity index (χ2n) is 6.18. The molecule has 24 heavy (non-hydrogen) atoms. The Morgan fingerprint density at radius 3 is 2.38 bits per heavy atom. The lowest BCUT2D eigenvalue weighted by Crippen LogP contribution is -2.45. The molecule has 0 bridgehead atoms. The Bertz CT molecular complexity index is 801. The van der Waals surface area contributed by atoms with Gasteiger partial charge in [0.25, 0.3) is 0 Å². The van der Waals surface area contributed by atoms with Gasteiger partial charge in [0.05, 0.1) is 4.90 Å². The number of aromatic nitrogens is 2. The summed E-state index contributed by atoms with van der Waals surface area (Å²) in [7, 11) is -3.48. The Morgan fingerprint density at radius 1 is 1.08 bits per heavy atom. The summed E-state index contributed by atoms with van der Waals surface area (Å²) in [5.41, 5.74) is 2.07. The molecule has 2 aromatic rings. The van der Waals surface area contributed by atoms with Gasteiger partial charge in [-0.1, -0.05) is 6.07 Å². The predicted octanol–water partition coefficient (Wildman–Crippen LogP) is 2.04. The number of piperidine rings is 1. The van der Waals surface area contributed by atoms with Gasteiger partial charge in [-0.15, -0.1) is 0 Å².